The predicted octanol–water partition coefficient (Wildman–Crippen LogP) is 0.730. The summed E-state index contributed by atoms with van der Waals surface area (Å²) in [6, 6.07) is 1.72. The molecule has 1 saturated heterocycles. The molecule has 1 aliphatic rings. The Morgan fingerprint density at radius 3 is 2.67 bits per heavy atom. The van der Waals surface area contributed by atoms with Gasteiger partial charge in [-0.25, -0.2) is 4.79 Å². The highest BCUT2D eigenvalue weighted by Crippen LogP contribution is 2.22. The summed E-state index contributed by atoms with van der Waals surface area (Å²) >= 11 is 0. The molecule has 0 saturated carbocycles. The van der Waals surface area contributed by atoms with E-state index < -0.39 is 5.97 Å². The molecule has 5 nitrogen and oxygen atoms in total. The number of aromatic carboxylic acids is 1. The van der Waals surface area contributed by atoms with Gasteiger partial charge in [-0.1, -0.05) is 0 Å². The van der Waals surface area contributed by atoms with Crippen LogP contribution >= 0.6 is 0 Å². The molecule has 1 aliphatic heterocycles. The first-order valence-corrected chi connectivity index (χ1v) is 4.93. The second kappa shape index (κ2) is 3.94. The van der Waals surface area contributed by atoms with Crippen molar-refractivity contribution in [2.45, 2.75) is 0 Å². The highest BCUT2D eigenvalue weighted by Gasteiger charge is 2.22. The van der Waals surface area contributed by atoms with Crippen molar-refractivity contribution in [2.75, 3.05) is 38.1 Å². The van der Waals surface area contributed by atoms with Gasteiger partial charge in [0.05, 0.1) is 12.0 Å². The van der Waals surface area contributed by atoms with Crippen molar-refractivity contribution < 1.29 is 14.3 Å². The highest BCUT2D eigenvalue weighted by molar-refractivity contribution is 5.91. The van der Waals surface area contributed by atoms with E-state index >= 15 is 0 Å². The molecule has 0 atom stereocenters. The number of hydrogen-bond donors (Lipinski definition) is 1. The van der Waals surface area contributed by atoms with Gasteiger partial charge in [-0.2, -0.15) is 0 Å². The monoisotopic (exact) mass is 210 g/mol. The summed E-state index contributed by atoms with van der Waals surface area (Å²) in [6.07, 6.45) is 1.43. The lowest BCUT2D eigenvalue weighted by molar-refractivity contribution is 0.0663. The molecule has 1 aromatic heterocycles. The molecule has 0 unspecified atom stereocenters. The van der Waals surface area contributed by atoms with Gasteiger partial charge in [0.15, 0.2) is 0 Å². The maximum atomic E-state index is 10.9. The SMILES string of the molecule is CN1CCN(c2ccoc2C(=O)O)CC1. The molecule has 0 aliphatic carbocycles. The molecular formula is C10H14N2O3. The van der Waals surface area contributed by atoms with Crippen molar-refractivity contribution in [3.05, 3.63) is 18.1 Å². The average Bonchev–Trinajstić information content (AvgIpc) is 2.67. The first-order chi connectivity index (χ1) is 7.18. The van der Waals surface area contributed by atoms with Crippen molar-refractivity contribution in [2.24, 2.45) is 0 Å². The Labute approximate surface area is 87.9 Å². The van der Waals surface area contributed by atoms with E-state index in [4.69, 9.17) is 9.52 Å². The van der Waals surface area contributed by atoms with Crippen LogP contribution in [0.15, 0.2) is 16.7 Å². The van der Waals surface area contributed by atoms with Crippen LogP contribution in [0.1, 0.15) is 10.6 Å². The average molecular weight is 210 g/mol. The largest absolute Gasteiger partial charge is 0.475 e. The number of carboxylic acid groups (broad SMARTS) is 1. The maximum absolute atomic E-state index is 10.9. The lowest BCUT2D eigenvalue weighted by Crippen LogP contribution is -2.44. The molecule has 2 rings (SSSR count). The summed E-state index contributed by atoms with van der Waals surface area (Å²) in [5.74, 6) is -0.964. The van der Waals surface area contributed by atoms with Crippen LogP contribution in [0.25, 0.3) is 0 Å². The standard InChI is InChI=1S/C10H14N2O3/c1-11-3-5-12(6-4-11)8-2-7-15-9(8)10(13)14/h2,7H,3-6H2,1H3,(H,13,14). The molecule has 0 aromatic carbocycles. The van der Waals surface area contributed by atoms with Crippen LogP contribution in [0.4, 0.5) is 5.69 Å². The molecule has 0 spiro atoms. The maximum Gasteiger partial charge on any atom is 0.374 e. The van der Waals surface area contributed by atoms with Gasteiger partial charge in [0.2, 0.25) is 5.76 Å². The molecule has 1 fully saturated rings. The Morgan fingerprint density at radius 2 is 2.07 bits per heavy atom. The fourth-order valence-corrected chi connectivity index (χ4v) is 1.76. The Kier molecular flexibility index (Phi) is 2.64. The number of rotatable bonds is 2. The zero-order valence-corrected chi connectivity index (χ0v) is 8.64. The lowest BCUT2D eigenvalue weighted by atomic mass is 10.2. The number of carbonyl (C=O) groups is 1. The summed E-state index contributed by atoms with van der Waals surface area (Å²) in [4.78, 5) is 15.1. The van der Waals surface area contributed by atoms with E-state index in [1.807, 2.05) is 4.90 Å². The van der Waals surface area contributed by atoms with Crippen LogP contribution in [-0.4, -0.2) is 49.2 Å². The van der Waals surface area contributed by atoms with Gasteiger partial charge in [-0.3, -0.25) is 0 Å². The Balaban J connectivity index is 2.15. The topological polar surface area (TPSA) is 56.9 Å². The van der Waals surface area contributed by atoms with E-state index in [1.165, 1.54) is 6.26 Å². The van der Waals surface area contributed by atoms with Crippen molar-refractivity contribution in [1.82, 2.24) is 4.90 Å². The van der Waals surface area contributed by atoms with Crippen LogP contribution in [0.2, 0.25) is 0 Å². The zero-order chi connectivity index (χ0) is 10.8. The summed E-state index contributed by atoms with van der Waals surface area (Å²) in [5, 5.41) is 8.91. The third kappa shape index (κ3) is 1.97. The van der Waals surface area contributed by atoms with Crippen molar-refractivity contribution >= 4 is 11.7 Å². The Morgan fingerprint density at radius 1 is 1.40 bits per heavy atom. The fourth-order valence-electron chi connectivity index (χ4n) is 1.76. The van der Waals surface area contributed by atoms with E-state index in [0.717, 1.165) is 26.2 Å². The van der Waals surface area contributed by atoms with Crippen LogP contribution < -0.4 is 4.90 Å². The number of hydrogen-bond acceptors (Lipinski definition) is 4. The normalized spacial score (nSPS) is 18.1. The van der Waals surface area contributed by atoms with Gasteiger partial charge in [-0.05, 0) is 7.05 Å². The highest BCUT2D eigenvalue weighted by atomic mass is 16.4. The molecular weight excluding hydrogens is 196 g/mol. The Bertz CT molecular complexity index is 353. The number of likely N-dealkylation sites (N-methyl/N-ethyl adjacent to an activating group) is 1. The van der Waals surface area contributed by atoms with Gasteiger partial charge in [-0.15, -0.1) is 0 Å². The van der Waals surface area contributed by atoms with Crippen LogP contribution in [-0.2, 0) is 0 Å². The van der Waals surface area contributed by atoms with Gasteiger partial charge >= 0.3 is 5.97 Å². The van der Waals surface area contributed by atoms with Gasteiger partial charge in [0.1, 0.15) is 0 Å². The van der Waals surface area contributed by atoms with Gasteiger partial charge in [0.25, 0.3) is 0 Å². The van der Waals surface area contributed by atoms with Crippen LogP contribution in [0.3, 0.4) is 0 Å². The Hall–Kier alpha value is -1.49. The third-order valence-corrected chi connectivity index (χ3v) is 2.68. The summed E-state index contributed by atoms with van der Waals surface area (Å²) < 4.78 is 4.95. The number of nitrogens with zero attached hydrogens (tertiary/aromatic N) is 2. The zero-order valence-electron chi connectivity index (χ0n) is 8.64. The number of piperazine rings is 1. The fraction of sp³-hybridized carbons (Fsp3) is 0.500. The molecule has 1 N–H and O–H groups in total. The summed E-state index contributed by atoms with van der Waals surface area (Å²) in [7, 11) is 2.06. The number of anilines is 1. The second-order valence-corrected chi connectivity index (χ2v) is 3.73. The first-order valence-electron chi connectivity index (χ1n) is 4.93. The van der Waals surface area contributed by atoms with Crippen molar-refractivity contribution in [1.29, 1.82) is 0 Å². The van der Waals surface area contributed by atoms with E-state index in [0.29, 0.717) is 5.69 Å². The van der Waals surface area contributed by atoms with Crippen molar-refractivity contribution in [3.63, 3.8) is 0 Å². The molecule has 5 heteroatoms. The minimum absolute atomic E-state index is 0.0413. The second-order valence-electron chi connectivity index (χ2n) is 3.73. The first kappa shape index (κ1) is 10.0. The molecule has 82 valence electrons. The smallest absolute Gasteiger partial charge is 0.374 e. The lowest BCUT2D eigenvalue weighted by Gasteiger charge is -2.33. The minimum Gasteiger partial charge on any atom is -0.475 e. The van der Waals surface area contributed by atoms with E-state index in [1.54, 1.807) is 6.07 Å². The molecule has 0 amide bonds. The molecule has 0 radical (unpaired) electrons. The summed E-state index contributed by atoms with van der Waals surface area (Å²) in [6.45, 7) is 3.58. The molecule has 0 bridgehead atoms. The predicted molar refractivity (Wildman–Crippen MR) is 55.4 cm³/mol. The van der Waals surface area contributed by atoms with E-state index in [-0.39, 0.29) is 5.76 Å². The molecule has 1 aromatic rings. The van der Waals surface area contributed by atoms with Crippen molar-refractivity contribution in [3.8, 4) is 0 Å². The quantitative estimate of drug-likeness (QED) is 0.779. The van der Waals surface area contributed by atoms with Gasteiger partial charge in [0, 0.05) is 32.2 Å². The number of carboxylic acids is 1. The van der Waals surface area contributed by atoms with Crippen LogP contribution in [0.5, 0.6) is 0 Å². The minimum atomic E-state index is -1.01. The third-order valence-electron chi connectivity index (χ3n) is 2.68. The van der Waals surface area contributed by atoms with Crippen LogP contribution in [0, 0.1) is 0 Å². The van der Waals surface area contributed by atoms with E-state index in [9.17, 15) is 4.79 Å². The molecule has 15 heavy (non-hydrogen) atoms. The number of furan rings is 1. The summed E-state index contributed by atoms with van der Waals surface area (Å²) in [5.41, 5.74) is 0.690. The van der Waals surface area contributed by atoms with Gasteiger partial charge < -0.3 is 19.3 Å². The van der Waals surface area contributed by atoms with E-state index in [2.05, 4.69) is 11.9 Å². The molecule has 2 heterocycles.